The lowest BCUT2D eigenvalue weighted by Crippen LogP contribution is -2.14. The highest BCUT2D eigenvalue weighted by molar-refractivity contribution is 7.92. The van der Waals surface area contributed by atoms with Gasteiger partial charge in [0.15, 0.2) is 0 Å². The van der Waals surface area contributed by atoms with Crippen molar-refractivity contribution in [2.45, 2.75) is 6.92 Å². The number of benzene rings is 1. The van der Waals surface area contributed by atoms with Crippen LogP contribution in [0.25, 0.3) is 16.9 Å². The highest BCUT2D eigenvalue weighted by Gasteiger charge is 2.08. The molecule has 0 atom stereocenters. The number of rotatable bonds is 4. The van der Waals surface area contributed by atoms with Crippen molar-refractivity contribution in [3.63, 3.8) is 0 Å². The van der Waals surface area contributed by atoms with Crippen LogP contribution in [0.2, 0.25) is 0 Å². The van der Waals surface area contributed by atoms with Gasteiger partial charge in [0, 0.05) is 23.6 Å². The van der Waals surface area contributed by atoms with E-state index >= 15 is 0 Å². The van der Waals surface area contributed by atoms with Crippen LogP contribution in [0.3, 0.4) is 0 Å². The molecule has 0 saturated carbocycles. The molecule has 0 aliphatic carbocycles. The van der Waals surface area contributed by atoms with Crippen molar-refractivity contribution < 1.29 is 8.42 Å². The Morgan fingerprint density at radius 1 is 1.14 bits per heavy atom. The molecule has 21 heavy (non-hydrogen) atoms. The maximum Gasteiger partial charge on any atom is 0.232 e. The van der Waals surface area contributed by atoms with Gasteiger partial charge in [-0.05, 0) is 31.2 Å². The molecule has 0 aliphatic rings. The Bertz CT molecular complexity index is 834. The van der Waals surface area contributed by atoms with Crippen LogP contribution in [0.1, 0.15) is 6.92 Å². The molecule has 0 radical (unpaired) electrons. The second-order valence-electron chi connectivity index (χ2n) is 4.68. The largest absolute Gasteiger partial charge is 0.306 e. The Balaban J connectivity index is 1.90. The van der Waals surface area contributed by atoms with Gasteiger partial charge in [-0.3, -0.25) is 4.72 Å². The van der Waals surface area contributed by atoms with E-state index in [4.69, 9.17) is 0 Å². The molecule has 2 aromatic heterocycles. The number of hydrogen-bond donors (Lipinski definition) is 1. The summed E-state index contributed by atoms with van der Waals surface area (Å²) in [6, 6.07) is 13.0. The van der Waals surface area contributed by atoms with Gasteiger partial charge in [-0.1, -0.05) is 18.2 Å². The van der Waals surface area contributed by atoms with E-state index in [1.165, 1.54) is 0 Å². The Labute approximate surface area is 123 Å². The number of sulfonamides is 1. The lowest BCUT2D eigenvalue weighted by molar-refractivity contribution is 0.602. The first-order valence-electron chi connectivity index (χ1n) is 6.62. The summed E-state index contributed by atoms with van der Waals surface area (Å²) in [4.78, 5) is 4.53. The second kappa shape index (κ2) is 5.21. The van der Waals surface area contributed by atoms with Gasteiger partial charge >= 0.3 is 0 Å². The van der Waals surface area contributed by atoms with E-state index in [1.54, 1.807) is 19.1 Å². The van der Waals surface area contributed by atoms with Gasteiger partial charge in [-0.15, -0.1) is 0 Å². The predicted molar refractivity (Wildman–Crippen MR) is 83.7 cm³/mol. The fourth-order valence-corrected chi connectivity index (χ4v) is 2.67. The minimum absolute atomic E-state index is 0.0567. The average Bonchev–Trinajstić information content (AvgIpc) is 2.91. The SMILES string of the molecule is CCS(=O)(=O)Nc1ccc(-c2cn3ccccc3n2)cc1. The first-order valence-corrected chi connectivity index (χ1v) is 8.27. The van der Waals surface area contributed by atoms with Crippen molar-refractivity contribution in [3.05, 3.63) is 54.9 Å². The molecule has 5 nitrogen and oxygen atoms in total. The quantitative estimate of drug-likeness (QED) is 0.806. The fraction of sp³-hybridized carbons (Fsp3) is 0.133. The van der Waals surface area contributed by atoms with Crippen molar-refractivity contribution >= 4 is 21.4 Å². The molecule has 0 spiro atoms. The van der Waals surface area contributed by atoms with Crippen molar-refractivity contribution in [1.82, 2.24) is 9.38 Å². The van der Waals surface area contributed by atoms with Crippen molar-refractivity contribution in [3.8, 4) is 11.3 Å². The number of anilines is 1. The van der Waals surface area contributed by atoms with E-state index in [1.807, 2.05) is 47.1 Å². The first-order chi connectivity index (χ1) is 10.1. The van der Waals surface area contributed by atoms with Crippen molar-refractivity contribution in [1.29, 1.82) is 0 Å². The lowest BCUT2D eigenvalue weighted by atomic mass is 10.1. The van der Waals surface area contributed by atoms with Gasteiger partial charge in [0.25, 0.3) is 0 Å². The number of nitrogens with zero attached hydrogens (tertiary/aromatic N) is 2. The molecular weight excluding hydrogens is 286 g/mol. The standard InChI is InChI=1S/C15H15N3O2S/c1-2-21(19,20)17-13-8-6-12(7-9-13)14-11-18-10-4-3-5-15(18)16-14/h3-11,17H,2H2,1H3. The van der Waals surface area contributed by atoms with Crippen LogP contribution in [0.15, 0.2) is 54.9 Å². The molecule has 0 aliphatic heterocycles. The molecule has 1 N–H and O–H groups in total. The molecule has 0 saturated heterocycles. The maximum atomic E-state index is 11.5. The lowest BCUT2D eigenvalue weighted by Gasteiger charge is -2.06. The normalized spacial score (nSPS) is 11.7. The molecule has 2 heterocycles. The van der Waals surface area contributed by atoms with Crippen LogP contribution in [0.5, 0.6) is 0 Å². The Morgan fingerprint density at radius 3 is 2.57 bits per heavy atom. The summed E-state index contributed by atoms with van der Waals surface area (Å²) < 4.78 is 27.5. The highest BCUT2D eigenvalue weighted by Crippen LogP contribution is 2.21. The van der Waals surface area contributed by atoms with Crippen LogP contribution in [-0.4, -0.2) is 23.6 Å². The van der Waals surface area contributed by atoms with Crippen LogP contribution in [0.4, 0.5) is 5.69 Å². The van der Waals surface area contributed by atoms with E-state index in [9.17, 15) is 8.42 Å². The van der Waals surface area contributed by atoms with Gasteiger partial charge in [0.05, 0.1) is 11.4 Å². The summed E-state index contributed by atoms with van der Waals surface area (Å²) in [5, 5.41) is 0. The van der Waals surface area contributed by atoms with Crippen LogP contribution in [-0.2, 0) is 10.0 Å². The monoisotopic (exact) mass is 301 g/mol. The van der Waals surface area contributed by atoms with Crippen LogP contribution < -0.4 is 4.72 Å². The van der Waals surface area contributed by atoms with E-state index in [0.29, 0.717) is 5.69 Å². The van der Waals surface area contributed by atoms with Gasteiger partial charge in [0.1, 0.15) is 5.65 Å². The molecule has 6 heteroatoms. The van der Waals surface area contributed by atoms with Gasteiger partial charge in [-0.2, -0.15) is 0 Å². The van der Waals surface area contributed by atoms with E-state index in [0.717, 1.165) is 16.9 Å². The number of hydrogen-bond acceptors (Lipinski definition) is 3. The number of imidazole rings is 1. The zero-order valence-corrected chi connectivity index (χ0v) is 12.3. The molecule has 0 bridgehead atoms. The Hall–Kier alpha value is -2.34. The van der Waals surface area contributed by atoms with Gasteiger partial charge < -0.3 is 4.40 Å². The van der Waals surface area contributed by atoms with Crippen LogP contribution >= 0.6 is 0 Å². The zero-order chi connectivity index (χ0) is 14.9. The first kappa shape index (κ1) is 13.6. The fourth-order valence-electron chi connectivity index (χ4n) is 2.03. The van der Waals surface area contributed by atoms with Gasteiger partial charge in [-0.25, -0.2) is 13.4 Å². The summed E-state index contributed by atoms with van der Waals surface area (Å²) in [5.41, 5.74) is 3.23. The van der Waals surface area contributed by atoms with Crippen molar-refractivity contribution in [2.75, 3.05) is 10.5 Å². The smallest absolute Gasteiger partial charge is 0.232 e. The van der Waals surface area contributed by atoms with E-state index in [2.05, 4.69) is 9.71 Å². The average molecular weight is 301 g/mol. The molecule has 0 unspecified atom stereocenters. The second-order valence-corrected chi connectivity index (χ2v) is 6.69. The molecule has 0 amide bonds. The molecule has 3 rings (SSSR count). The van der Waals surface area contributed by atoms with Crippen molar-refractivity contribution in [2.24, 2.45) is 0 Å². The summed E-state index contributed by atoms with van der Waals surface area (Å²) >= 11 is 0. The molecule has 1 aromatic carbocycles. The minimum Gasteiger partial charge on any atom is -0.306 e. The molecule has 3 aromatic rings. The number of fused-ring (bicyclic) bond motifs is 1. The van der Waals surface area contributed by atoms with E-state index < -0.39 is 10.0 Å². The summed E-state index contributed by atoms with van der Waals surface area (Å²) in [6.07, 6.45) is 3.89. The summed E-state index contributed by atoms with van der Waals surface area (Å²) in [5.74, 6) is 0.0567. The molecule has 0 fully saturated rings. The Morgan fingerprint density at radius 2 is 1.90 bits per heavy atom. The number of pyridine rings is 1. The summed E-state index contributed by atoms with van der Waals surface area (Å²) in [7, 11) is -3.24. The minimum atomic E-state index is -3.24. The molecular formula is C15H15N3O2S. The highest BCUT2D eigenvalue weighted by atomic mass is 32.2. The Kier molecular flexibility index (Phi) is 3.39. The van der Waals surface area contributed by atoms with E-state index in [-0.39, 0.29) is 5.75 Å². The topological polar surface area (TPSA) is 63.5 Å². The third-order valence-electron chi connectivity index (χ3n) is 3.20. The number of nitrogens with one attached hydrogen (secondary N) is 1. The summed E-state index contributed by atoms with van der Waals surface area (Å²) in [6.45, 7) is 1.60. The van der Waals surface area contributed by atoms with Crippen LogP contribution in [0, 0.1) is 0 Å². The predicted octanol–water partition coefficient (Wildman–Crippen LogP) is 2.76. The zero-order valence-electron chi connectivity index (χ0n) is 11.5. The molecule has 108 valence electrons. The number of aromatic nitrogens is 2. The third-order valence-corrected chi connectivity index (χ3v) is 4.50. The maximum absolute atomic E-state index is 11.5. The third kappa shape index (κ3) is 2.90. The van der Waals surface area contributed by atoms with Gasteiger partial charge in [0.2, 0.25) is 10.0 Å².